The summed E-state index contributed by atoms with van der Waals surface area (Å²) in [5, 5.41) is 22.8. The van der Waals surface area contributed by atoms with E-state index < -0.39 is 29.6 Å². The Kier molecular flexibility index (Phi) is 16.6. The lowest BCUT2D eigenvalue weighted by molar-refractivity contribution is -0.376. The van der Waals surface area contributed by atoms with Gasteiger partial charge in [0.25, 0.3) is 17.6 Å². The van der Waals surface area contributed by atoms with Gasteiger partial charge in [-0.05, 0) is 54.1 Å². The second-order valence-corrected chi connectivity index (χ2v) is 14.3. The molecule has 63 heavy (non-hydrogen) atoms. The van der Waals surface area contributed by atoms with Crippen molar-refractivity contribution in [2.75, 3.05) is 103 Å². The van der Waals surface area contributed by atoms with Crippen LogP contribution in [0.4, 0.5) is 20.2 Å². The lowest BCUT2D eigenvalue weighted by atomic mass is 10.1. The molecule has 0 radical (unpaired) electrons. The number of aromatic nitrogens is 1. The maximum Gasteiger partial charge on any atom is 0.282 e. The van der Waals surface area contributed by atoms with E-state index in [1.807, 2.05) is 18.2 Å². The van der Waals surface area contributed by atoms with E-state index in [4.69, 9.17) is 47.9 Å². The Labute approximate surface area is 360 Å². The molecular formula is C41H51F2N7O13. The van der Waals surface area contributed by atoms with E-state index in [-0.39, 0.29) is 37.5 Å². The van der Waals surface area contributed by atoms with Gasteiger partial charge in [-0.1, -0.05) is 11.7 Å². The number of fused-ring (bicyclic) bond motifs is 2. The first kappa shape index (κ1) is 45.8. The lowest BCUT2D eigenvalue weighted by Gasteiger charge is -2.26. The molecule has 4 aromatic rings. The number of hydrogen-bond donors (Lipinski definition) is 6. The van der Waals surface area contributed by atoms with Gasteiger partial charge >= 0.3 is 0 Å². The van der Waals surface area contributed by atoms with Crippen LogP contribution in [0, 0.1) is 11.6 Å². The molecule has 3 aliphatic heterocycles. The van der Waals surface area contributed by atoms with Crippen LogP contribution in [0.15, 0.2) is 60.7 Å². The molecule has 0 aliphatic carbocycles. The number of benzene rings is 3. The first-order valence-corrected chi connectivity index (χ1v) is 20.5. The highest BCUT2D eigenvalue weighted by atomic mass is 19.1. The maximum absolute atomic E-state index is 13.5. The third-order valence-corrected chi connectivity index (χ3v) is 9.66. The molecule has 2 atom stereocenters. The summed E-state index contributed by atoms with van der Waals surface area (Å²) in [6, 6.07) is 15.4. The van der Waals surface area contributed by atoms with E-state index in [1.54, 1.807) is 24.3 Å². The van der Waals surface area contributed by atoms with Crippen LogP contribution >= 0.6 is 0 Å². The van der Waals surface area contributed by atoms with Gasteiger partial charge in [0.2, 0.25) is 12.0 Å². The van der Waals surface area contributed by atoms with Crippen LogP contribution in [0.25, 0.3) is 10.9 Å². The van der Waals surface area contributed by atoms with Crippen LogP contribution in [0.3, 0.4) is 0 Å². The van der Waals surface area contributed by atoms with Crippen LogP contribution in [-0.2, 0) is 49.5 Å². The number of aromatic amines is 1. The molecule has 3 aliphatic rings. The predicted molar refractivity (Wildman–Crippen MR) is 218 cm³/mol. The lowest BCUT2D eigenvalue weighted by Crippen LogP contribution is -2.47. The number of carbonyl (C=O) groups is 2. The molecule has 0 bridgehead atoms. The second kappa shape index (κ2) is 22.9. The minimum absolute atomic E-state index is 0.0492. The molecule has 7 rings (SSSR count). The van der Waals surface area contributed by atoms with Crippen molar-refractivity contribution < 1.29 is 71.3 Å². The number of aliphatic hydroxyl groups is 1. The number of nitrogens with one attached hydrogen (secondary N) is 5. The van der Waals surface area contributed by atoms with Crippen molar-refractivity contribution in [3.63, 3.8) is 0 Å². The highest BCUT2D eigenvalue weighted by molar-refractivity contribution is 5.98. The van der Waals surface area contributed by atoms with Crippen LogP contribution in [-0.4, -0.2) is 131 Å². The summed E-state index contributed by atoms with van der Waals surface area (Å²) in [4.78, 5) is 56.0. The van der Waals surface area contributed by atoms with Gasteiger partial charge in [-0.3, -0.25) is 24.3 Å². The van der Waals surface area contributed by atoms with E-state index >= 15 is 0 Å². The number of hydroxylamine groups is 3. The van der Waals surface area contributed by atoms with Crippen molar-refractivity contribution in [1.82, 2.24) is 26.5 Å². The zero-order valence-corrected chi connectivity index (χ0v) is 34.4. The Morgan fingerprint density at radius 1 is 0.825 bits per heavy atom. The van der Waals surface area contributed by atoms with Gasteiger partial charge in [0.05, 0.1) is 95.8 Å². The van der Waals surface area contributed by atoms with E-state index in [0.717, 1.165) is 23.9 Å². The van der Waals surface area contributed by atoms with Crippen molar-refractivity contribution in [2.24, 2.45) is 0 Å². The molecule has 3 aromatic carbocycles. The molecule has 2 saturated heterocycles. The summed E-state index contributed by atoms with van der Waals surface area (Å²) in [7, 11) is 0. The fourth-order valence-electron chi connectivity index (χ4n) is 6.51. The number of para-hydroxylation sites is 1. The number of rotatable bonds is 25. The van der Waals surface area contributed by atoms with Crippen molar-refractivity contribution in [3.05, 3.63) is 83.6 Å². The van der Waals surface area contributed by atoms with Crippen LogP contribution in [0.5, 0.6) is 11.5 Å². The van der Waals surface area contributed by atoms with Crippen LogP contribution < -0.4 is 36.3 Å². The molecule has 2 fully saturated rings. The quantitative estimate of drug-likeness (QED) is 0.0528. The first-order valence-electron chi connectivity index (χ1n) is 20.5. The number of amides is 2. The number of hydrogen-bond acceptors (Lipinski definition) is 17. The Morgan fingerprint density at radius 2 is 1.52 bits per heavy atom. The molecule has 20 nitrogen and oxygen atoms in total. The summed E-state index contributed by atoms with van der Waals surface area (Å²) < 4.78 is 54.8. The van der Waals surface area contributed by atoms with Gasteiger partial charge < -0.3 is 59.4 Å². The van der Waals surface area contributed by atoms with Crippen molar-refractivity contribution in [1.29, 1.82) is 0 Å². The summed E-state index contributed by atoms with van der Waals surface area (Å²) >= 11 is 0. The minimum Gasteiger partial charge on any atom is -0.380 e. The highest BCUT2D eigenvalue weighted by Crippen LogP contribution is 2.41. The average Bonchev–Trinajstić information content (AvgIpc) is 4.04. The highest BCUT2D eigenvalue weighted by Gasteiger charge is 2.45. The van der Waals surface area contributed by atoms with E-state index in [1.165, 1.54) is 10.3 Å². The smallest absolute Gasteiger partial charge is 0.282 e. The van der Waals surface area contributed by atoms with Crippen molar-refractivity contribution in [2.45, 2.75) is 31.4 Å². The Bertz CT molecular complexity index is 2090. The van der Waals surface area contributed by atoms with Gasteiger partial charge in [-0.25, -0.2) is 13.6 Å². The van der Waals surface area contributed by atoms with Crippen molar-refractivity contribution >= 4 is 34.1 Å². The molecule has 22 heteroatoms. The second-order valence-electron chi connectivity index (χ2n) is 14.3. The van der Waals surface area contributed by atoms with Gasteiger partial charge in [-0.15, -0.1) is 0 Å². The molecule has 2 unspecified atom stereocenters. The first-order chi connectivity index (χ1) is 30.7. The molecule has 342 valence electrons. The number of nitrogens with zero attached hydrogens (tertiary/aromatic N) is 2. The zero-order chi connectivity index (χ0) is 43.9. The van der Waals surface area contributed by atoms with Gasteiger partial charge in [0, 0.05) is 49.4 Å². The summed E-state index contributed by atoms with van der Waals surface area (Å²) in [6.45, 7) is 5.33. The van der Waals surface area contributed by atoms with Gasteiger partial charge in [-0.2, -0.15) is 0 Å². The number of carbonyl (C=O) groups excluding carboxylic acids is 2. The van der Waals surface area contributed by atoms with E-state index in [2.05, 4.69) is 26.6 Å². The molecule has 0 spiro atoms. The van der Waals surface area contributed by atoms with Crippen molar-refractivity contribution in [3.8, 4) is 11.5 Å². The fraction of sp³-hybridized carbons (Fsp3) is 0.463. The maximum atomic E-state index is 13.5. The number of halogens is 2. The molecule has 1 aromatic heterocycles. The Hall–Kier alpha value is -5.24. The SMILES string of the molecule is O=C(NCCOCCOCCOCCOCCOCCNc1cccc2c1ON(C1CCONO1)O2)c1cc2cc(N3CCC(O)(C(=O)NCc4cc(F)cc(F)c4)O3)ccc2[nH]1. The van der Waals surface area contributed by atoms with Gasteiger partial charge in [0.1, 0.15) is 17.3 Å². The van der Waals surface area contributed by atoms with E-state index in [0.29, 0.717) is 119 Å². The molecule has 4 heterocycles. The van der Waals surface area contributed by atoms with Gasteiger partial charge in [0.15, 0.2) is 5.75 Å². The van der Waals surface area contributed by atoms with E-state index in [9.17, 15) is 23.5 Å². The normalized spacial score (nSPS) is 18.6. The summed E-state index contributed by atoms with van der Waals surface area (Å²) in [5.41, 5.74) is 4.93. The minimum atomic E-state index is -2.18. The fourth-order valence-corrected chi connectivity index (χ4v) is 6.51. The third kappa shape index (κ3) is 13.2. The Balaban J connectivity index is 0.664. The molecule has 2 amide bonds. The zero-order valence-electron chi connectivity index (χ0n) is 34.4. The summed E-state index contributed by atoms with van der Waals surface area (Å²) in [6.07, 6.45) is 0.0739. The third-order valence-electron chi connectivity index (χ3n) is 9.66. The number of ether oxygens (including phenoxy) is 5. The predicted octanol–water partition coefficient (Wildman–Crippen LogP) is 2.60. The monoisotopic (exact) mass is 887 g/mol. The number of anilines is 2. The molecular weight excluding hydrogens is 836 g/mol. The summed E-state index contributed by atoms with van der Waals surface area (Å²) in [5.74, 6) is -3.74. The van der Waals surface area contributed by atoms with Crippen LogP contribution in [0.1, 0.15) is 28.9 Å². The number of H-pyrrole nitrogens is 1. The molecule has 0 saturated carbocycles. The average molecular weight is 888 g/mol. The molecule has 6 N–H and O–H groups in total. The largest absolute Gasteiger partial charge is 0.380 e. The topological polar surface area (TPSA) is 217 Å². The standard InChI is InChI=1S/C41H51F2N7O13/c42-30-22-28(23-31(43)26-30)27-46-40(52)41(53)7-10-49(63-41)32-4-5-33-29(24-32)25-35(47-33)39(51)45-9-13-55-15-17-57-19-21-58-20-18-56-16-14-54-12-8-44-34-2-1-3-36-38(34)62-50(61-36)37-6-11-59-48-60-37/h1-5,22-26,37,44,47-48,53H,6-21,27H2,(H,45,51)(H,46,52). The Morgan fingerprint density at radius 3 is 2.22 bits per heavy atom. The van der Waals surface area contributed by atoms with Crippen LogP contribution in [0.2, 0.25) is 0 Å².